The number of alkyl halides is 2. The first kappa shape index (κ1) is 16.6. The zero-order chi connectivity index (χ0) is 17.8. The standard InChI is InChI=1S/C17H12F2N2O4/c18-17(19)25-11-7-5-10(6-8-11)9-24-16(23)14-12-3-1-2-4-13(12)15(22)21-20-14/h1-8,17H,9H2,(H,21,22). The van der Waals surface area contributed by atoms with E-state index in [0.717, 1.165) is 0 Å². The van der Waals surface area contributed by atoms with Gasteiger partial charge in [0.1, 0.15) is 12.4 Å². The number of nitrogens with one attached hydrogen (secondary N) is 1. The van der Waals surface area contributed by atoms with Gasteiger partial charge in [-0.05, 0) is 23.8 Å². The van der Waals surface area contributed by atoms with E-state index in [1.54, 1.807) is 24.3 Å². The number of nitrogens with zero attached hydrogens (tertiary/aromatic N) is 1. The molecule has 0 saturated carbocycles. The van der Waals surface area contributed by atoms with Gasteiger partial charge in [-0.2, -0.15) is 13.9 Å². The minimum atomic E-state index is -2.90. The first-order valence-corrected chi connectivity index (χ1v) is 7.23. The van der Waals surface area contributed by atoms with Crippen LogP contribution < -0.4 is 10.3 Å². The van der Waals surface area contributed by atoms with Crippen LogP contribution in [0.2, 0.25) is 0 Å². The van der Waals surface area contributed by atoms with E-state index >= 15 is 0 Å². The molecule has 25 heavy (non-hydrogen) atoms. The number of halogens is 2. The van der Waals surface area contributed by atoms with Crippen molar-refractivity contribution in [2.75, 3.05) is 0 Å². The highest BCUT2D eigenvalue weighted by molar-refractivity contribution is 6.01. The van der Waals surface area contributed by atoms with Crippen molar-refractivity contribution in [1.29, 1.82) is 0 Å². The molecule has 0 aliphatic carbocycles. The maximum absolute atomic E-state index is 12.2. The lowest BCUT2D eigenvalue weighted by Crippen LogP contribution is -2.16. The Morgan fingerprint density at radius 2 is 1.76 bits per heavy atom. The summed E-state index contributed by atoms with van der Waals surface area (Å²) in [6.07, 6.45) is 0. The third kappa shape index (κ3) is 3.79. The fourth-order valence-corrected chi connectivity index (χ4v) is 2.25. The molecule has 3 rings (SSSR count). The van der Waals surface area contributed by atoms with Crippen LogP contribution in [-0.2, 0) is 11.3 Å². The van der Waals surface area contributed by atoms with Crippen molar-refractivity contribution in [3.63, 3.8) is 0 Å². The van der Waals surface area contributed by atoms with E-state index in [0.29, 0.717) is 16.3 Å². The fraction of sp³-hybridized carbons (Fsp3) is 0.118. The maximum atomic E-state index is 12.2. The van der Waals surface area contributed by atoms with E-state index in [1.165, 1.54) is 24.3 Å². The van der Waals surface area contributed by atoms with Gasteiger partial charge in [-0.25, -0.2) is 9.89 Å². The highest BCUT2D eigenvalue weighted by Gasteiger charge is 2.15. The number of aromatic amines is 1. The van der Waals surface area contributed by atoms with E-state index in [9.17, 15) is 18.4 Å². The summed E-state index contributed by atoms with van der Waals surface area (Å²) in [6, 6.07) is 12.2. The molecule has 8 heteroatoms. The molecule has 0 radical (unpaired) electrons. The summed E-state index contributed by atoms with van der Waals surface area (Å²) < 4.78 is 33.6. The number of fused-ring (bicyclic) bond motifs is 1. The zero-order valence-electron chi connectivity index (χ0n) is 12.7. The van der Waals surface area contributed by atoms with Gasteiger partial charge in [0.25, 0.3) is 5.56 Å². The van der Waals surface area contributed by atoms with E-state index in [-0.39, 0.29) is 18.1 Å². The van der Waals surface area contributed by atoms with E-state index in [4.69, 9.17) is 4.74 Å². The molecule has 0 bridgehead atoms. The normalized spacial score (nSPS) is 10.8. The second-order valence-electron chi connectivity index (χ2n) is 5.05. The Kier molecular flexibility index (Phi) is 4.69. The smallest absolute Gasteiger partial charge is 0.387 e. The zero-order valence-corrected chi connectivity index (χ0v) is 12.7. The molecule has 0 saturated heterocycles. The molecule has 0 amide bonds. The van der Waals surface area contributed by atoms with Crippen LogP contribution in [-0.4, -0.2) is 22.8 Å². The molecular weight excluding hydrogens is 334 g/mol. The number of esters is 1. The van der Waals surface area contributed by atoms with Gasteiger partial charge in [-0.1, -0.05) is 30.3 Å². The highest BCUT2D eigenvalue weighted by Crippen LogP contribution is 2.17. The van der Waals surface area contributed by atoms with Crippen molar-refractivity contribution >= 4 is 16.7 Å². The summed E-state index contributed by atoms with van der Waals surface area (Å²) in [4.78, 5) is 23.9. The Bertz CT molecular complexity index is 955. The molecule has 0 atom stereocenters. The average Bonchev–Trinajstić information content (AvgIpc) is 2.61. The predicted molar refractivity (Wildman–Crippen MR) is 84.6 cm³/mol. The first-order chi connectivity index (χ1) is 12.0. The summed E-state index contributed by atoms with van der Waals surface area (Å²) in [6.45, 7) is -2.98. The van der Waals surface area contributed by atoms with Gasteiger partial charge < -0.3 is 9.47 Å². The minimum Gasteiger partial charge on any atom is -0.456 e. The molecule has 0 unspecified atom stereocenters. The molecule has 0 spiro atoms. The second-order valence-corrected chi connectivity index (χ2v) is 5.05. The summed E-state index contributed by atoms with van der Waals surface area (Å²) in [5, 5.41) is 6.72. The number of aromatic nitrogens is 2. The van der Waals surface area contributed by atoms with Gasteiger partial charge in [-0.15, -0.1) is 0 Å². The largest absolute Gasteiger partial charge is 0.456 e. The SMILES string of the molecule is O=C(OCc1ccc(OC(F)F)cc1)c1n[nH]c(=O)c2ccccc12. The van der Waals surface area contributed by atoms with Crippen molar-refractivity contribution in [2.45, 2.75) is 13.2 Å². The summed E-state index contributed by atoms with van der Waals surface area (Å²) in [5.74, 6) is -0.696. The Morgan fingerprint density at radius 3 is 2.44 bits per heavy atom. The maximum Gasteiger partial charge on any atom is 0.387 e. The van der Waals surface area contributed by atoms with Crippen molar-refractivity contribution in [1.82, 2.24) is 10.2 Å². The van der Waals surface area contributed by atoms with Crippen LogP contribution >= 0.6 is 0 Å². The number of benzene rings is 2. The van der Waals surface area contributed by atoms with Gasteiger partial charge in [0.2, 0.25) is 0 Å². The van der Waals surface area contributed by atoms with Crippen molar-refractivity contribution in [3.8, 4) is 5.75 Å². The number of H-pyrrole nitrogens is 1. The monoisotopic (exact) mass is 346 g/mol. The number of ether oxygens (including phenoxy) is 2. The third-order valence-corrected chi connectivity index (χ3v) is 3.41. The molecule has 3 aromatic rings. The Balaban J connectivity index is 1.73. The number of hydrogen-bond donors (Lipinski definition) is 1. The number of carbonyl (C=O) groups is 1. The molecule has 1 N–H and O–H groups in total. The van der Waals surface area contributed by atoms with Crippen molar-refractivity contribution in [2.24, 2.45) is 0 Å². The van der Waals surface area contributed by atoms with Crippen LogP contribution in [0, 0.1) is 0 Å². The van der Waals surface area contributed by atoms with Crippen LogP contribution in [0.5, 0.6) is 5.75 Å². The van der Waals surface area contributed by atoms with Gasteiger partial charge in [0, 0.05) is 5.39 Å². The Labute approximate surface area is 140 Å². The lowest BCUT2D eigenvalue weighted by molar-refractivity contribution is -0.0498. The molecule has 0 fully saturated rings. The van der Waals surface area contributed by atoms with E-state index in [2.05, 4.69) is 14.9 Å². The molecule has 1 heterocycles. The minimum absolute atomic E-state index is 0.00662. The third-order valence-electron chi connectivity index (χ3n) is 3.41. The van der Waals surface area contributed by atoms with E-state index < -0.39 is 18.1 Å². The Morgan fingerprint density at radius 1 is 1.08 bits per heavy atom. The first-order valence-electron chi connectivity index (χ1n) is 7.23. The average molecular weight is 346 g/mol. The summed E-state index contributed by atoms with van der Waals surface area (Å²) in [5.41, 5.74) is 0.179. The predicted octanol–water partition coefficient (Wildman–Crippen LogP) is 2.88. The molecule has 2 aromatic carbocycles. The van der Waals surface area contributed by atoms with Crippen LogP contribution in [0.15, 0.2) is 53.3 Å². The lowest BCUT2D eigenvalue weighted by Gasteiger charge is -2.08. The summed E-state index contributed by atoms with van der Waals surface area (Å²) in [7, 11) is 0. The van der Waals surface area contributed by atoms with Crippen LogP contribution in [0.4, 0.5) is 8.78 Å². The van der Waals surface area contributed by atoms with Gasteiger partial charge in [-0.3, -0.25) is 4.79 Å². The number of carbonyl (C=O) groups excluding carboxylic acids is 1. The van der Waals surface area contributed by atoms with Gasteiger partial charge in [0.15, 0.2) is 5.69 Å². The van der Waals surface area contributed by atoms with Crippen LogP contribution in [0.1, 0.15) is 16.1 Å². The lowest BCUT2D eigenvalue weighted by atomic mass is 10.1. The fourth-order valence-electron chi connectivity index (χ4n) is 2.25. The summed E-state index contributed by atoms with van der Waals surface area (Å²) >= 11 is 0. The number of rotatable bonds is 5. The molecule has 128 valence electrons. The molecular formula is C17H12F2N2O4. The highest BCUT2D eigenvalue weighted by atomic mass is 19.3. The quantitative estimate of drug-likeness (QED) is 0.719. The van der Waals surface area contributed by atoms with Crippen molar-refractivity contribution < 1.29 is 23.0 Å². The number of hydrogen-bond acceptors (Lipinski definition) is 5. The van der Waals surface area contributed by atoms with E-state index in [1.807, 2.05) is 0 Å². The van der Waals surface area contributed by atoms with Gasteiger partial charge in [0.05, 0.1) is 5.39 Å². The molecule has 0 aliphatic rings. The molecule has 1 aromatic heterocycles. The van der Waals surface area contributed by atoms with Crippen LogP contribution in [0.25, 0.3) is 10.8 Å². The Hall–Kier alpha value is -3.29. The van der Waals surface area contributed by atoms with Gasteiger partial charge >= 0.3 is 12.6 Å². The topological polar surface area (TPSA) is 81.3 Å². The van der Waals surface area contributed by atoms with Crippen LogP contribution in [0.3, 0.4) is 0 Å². The molecule has 6 nitrogen and oxygen atoms in total. The molecule has 0 aliphatic heterocycles. The second kappa shape index (κ2) is 7.08. The van der Waals surface area contributed by atoms with Crippen molar-refractivity contribution in [3.05, 3.63) is 70.1 Å².